The van der Waals surface area contributed by atoms with Crippen LogP contribution in [-0.4, -0.2) is 42.5 Å². The van der Waals surface area contributed by atoms with E-state index in [4.69, 9.17) is 5.73 Å². The Morgan fingerprint density at radius 1 is 1.61 bits per heavy atom. The first-order valence-electron chi connectivity index (χ1n) is 5.18. The second-order valence-electron chi connectivity index (χ2n) is 3.89. The van der Waals surface area contributed by atoms with Gasteiger partial charge in [-0.2, -0.15) is 0 Å². The fourth-order valence-electron chi connectivity index (χ4n) is 1.17. The van der Waals surface area contributed by atoms with Gasteiger partial charge in [-0.1, -0.05) is 0 Å². The number of aromatic nitrogens is 1. The van der Waals surface area contributed by atoms with E-state index < -0.39 is 21.8 Å². The van der Waals surface area contributed by atoms with Crippen molar-refractivity contribution in [2.24, 2.45) is 5.73 Å². The van der Waals surface area contributed by atoms with E-state index in [9.17, 15) is 18.3 Å². The van der Waals surface area contributed by atoms with Gasteiger partial charge in [0.15, 0.2) is 11.6 Å². The van der Waals surface area contributed by atoms with Crippen molar-refractivity contribution in [1.82, 2.24) is 4.98 Å². The van der Waals surface area contributed by atoms with Gasteiger partial charge in [0.1, 0.15) is 9.84 Å². The summed E-state index contributed by atoms with van der Waals surface area (Å²) < 4.78 is 21.9. The Kier molecular flexibility index (Phi) is 4.62. The fraction of sp³-hybridized carbons (Fsp3) is 0.400. The quantitative estimate of drug-likeness (QED) is 0.664. The molecule has 0 aliphatic heterocycles. The highest BCUT2D eigenvalue weighted by Gasteiger charge is 2.17. The minimum absolute atomic E-state index is 0.00249. The smallest absolute Gasteiger partial charge is 0.242 e. The van der Waals surface area contributed by atoms with Gasteiger partial charge >= 0.3 is 0 Å². The molecule has 18 heavy (non-hydrogen) atoms. The molecule has 0 aliphatic carbocycles. The van der Waals surface area contributed by atoms with Crippen molar-refractivity contribution in [3.05, 3.63) is 18.3 Å². The molecule has 7 nitrogen and oxygen atoms in total. The number of aromatic hydroxyl groups is 1. The first kappa shape index (κ1) is 14.4. The first-order valence-corrected chi connectivity index (χ1v) is 7.24. The monoisotopic (exact) mass is 273 g/mol. The molecule has 1 aromatic heterocycles. The van der Waals surface area contributed by atoms with Gasteiger partial charge in [-0.3, -0.25) is 4.79 Å². The van der Waals surface area contributed by atoms with Gasteiger partial charge in [-0.05, 0) is 18.6 Å². The lowest BCUT2D eigenvalue weighted by Gasteiger charge is -2.11. The van der Waals surface area contributed by atoms with Gasteiger partial charge in [0.05, 0.1) is 11.8 Å². The summed E-state index contributed by atoms with van der Waals surface area (Å²) in [6, 6.07) is 1.90. The number of carbonyl (C=O) groups is 1. The Labute approximate surface area is 105 Å². The van der Waals surface area contributed by atoms with Crippen molar-refractivity contribution >= 4 is 21.6 Å². The Hall–Kier alpha value is -1.67. The lowest BCUT2D eigenvalue weighted by atomic mass is 10.2. The third-order valence-corrected chi connectivity index (χ3v) is 3.14. The zero-order valence-electron chi connectivity index (χ0n) is 9.83. The van der Waals surface area contributed by atoms with Crippen molar-refractivity contribution in [2.75, 3.05) is 17.3 Å². The van der Waals surface area contributed by atoms with E-state index in [0.717, 1.165) is 6.26 Å². The fourth-order valence-corrected chi connectivity index (χ4v) is 1.86. The molecule has 1 aromatic rings. The van der Waals surface area contributed by atoms with Crippen molar-refractivity contribution < 1.29 is 18.3 Å². The predicted octanol–water partition coefficient (Wildman–Crippen LogP) is -0.512. The van der Waals surface area contributed by atoms with Crippen LogP contribution in [-0.2, 0) is 14.6 Å². The summed E-state index contributed by atoms with van der Waals surface area (Å²) in [5.41, 5.74) is 5.54. The Morgan fingerprint density at radius 2 is 2.28 bits per heavy atom. The van der Waals surface area contributed by atoms with E-state index in [-0.39, 0.29) is 23.7 Å². The summed E-state index contributed by atoms with van der Waals surface area (Å²) in [5.74, 6) is -0.943. The Balaban J connectivity index is 2.58. The number of carbonyl (C=O) groups excluding carboxylic acids is 1. The van der Waals surface area contributed by atoms with Crippen LogP contribution < -0.4 is 11.1 Å². The molecule has 1 amide bonds. The molecule has 0 fully saturated rings. The van der Waals surface area contributed by atoms with Crippen LogP contribution in [0.1, 0.15) is 6.42 Å². The number of amides is 1. The summed E-state index contributed by atoms with van der Waals surface area (Å²) in [7, 11) is -3.16. The van der Waals surface area contributed by atoms with Crippen LogP contribution in [0.25, 0.3) is 0 Å². The maximum atomic E-state index is 11.6. The largest absolute Gasteiger partial charge is 0.504 e. The number of hydrogen-bond acceptors (Lipinski definition) is 6. The predicted molar refractivity (Wildman–Crippen MR) is 66.8 cm³/mol. The molecule has 1 atom stereocenters. The van der Waals surface area contributed by atoms with Gasteiger partial charge in [0, 0.05) is 12.5 Å². The number of rotatable bonds is 5. The lowest BCUT2D eigenvalue weighted by molar-refractivity contribution is -0.117. The van der Waals surface area contributed by atoms with Crippen LogP contribution in [0.15, 0.2) is 18.3 Å². The van der Waals surface area contributed by atoms with E-state index in [1.54, 1.807) is 0 Å². The van der Waals surface area contributed by atoms with Crippen LogP contribution in [0.4, 0.5) is 5.82 Å². The maximum Gasteiger partial charge on any atom is 0.242 e. The second-order valence-corrected chi connectivity index (χ2v) is 6.15. The van der Waals surface area contributed by atoms with Crippen molar-refractivity contribution in [2.45, 2.75) is 12.5 Å². The Morgan fingerprint density at radius 3 is 2.83 bits per heavy atom. The molecular weight excluding hydrogens is 258 g/mol. The van der Waals surface area contributed by atoms with E-state index in [1.807, 2.05) is 0 Å². The summed E-state index contributed by atoms with van der Waals surface area (Å²) in [4.78, 5) is 15.4. The first-order chi connectivity index (χ1) is 8.29. The van der Waals surface area contributed by atoms with Crippen LogP contribution in [0.3, 0.4) is 0 Å². The highest BCUT2D eigenvalue weighted by molar-refractivity contribution is 7.90. The zero-order chi connectivity index (χ0) is 13.8. The number of nitrogens with zero attached hydrogens (tertiary/aromatic N) is 1. The van der Waals surface area contributed by atoms with Crippen LogP contribution >= 0.6 is 0 Å². The zero-order valence-corrected chi connectivity index (χ0v) is 10.6. The molecule has 0 spiro atoms. The van der Waals surface area contributed by atoms with Crippen LogP contribution in [0.5, 0.6) is 5.75 Å². The van der Waals surface area contributed by atoms with Gasteiger partial charge < -0.3 is 16.2 Å². The number of sulfone groups is 1. The molecule has 1 rings (SSSR count). The summed E-state index contributed by atoms with van der Waals surface area (Å²) in [6.45, 7) is 0. The number of anilines is 1. The molecular formula is C10H15N3O4S. The highest BCUT2D eigenvalue weighted by atomic mass is 32.2. The van der Waals surface area contributed by atoms with E-state index in [0.29, 0.717) is 0 Å². The number of hydrogen-bond donors (Lipinski definition) is 3. The molecule has 0 aliphatic rings. The lowest BCUT2D eigenvalue weighted by Crippen LogP contribution is -2.37. The average Bonchev–Trinajstić information content (AvgIpc) is 2.28. The second kappa shape index (κ2) is 5.78. The molecule has 0 saturated heterocycles. The summed E-state index contributed by atoms with van der Waals surface area (Å²) in [5, 5.41) is 11.7. The van der Waals surface area contributed by atoms with Crippen LogP contribution in [0, 0.1) is 0 Å². The minimum atomic E-state index is -3.16. The number of pyridine rings is 1. The van der Waals surface area contributed by atoms with Gasteiger partial charge in [-0.15, -0.1) is 0 Å². The van der Waals surface area contributed by atoms with Gasteiger partial charge in [-0.25, -0.2) is 13.4 Å². The van der Waals surface area contributed by atoms with Gasteiger partial charge in [0.2, 0.25) is 5.91 Å². The summed E-state index contributed by atoms with van der Waals surface area (Å²) in [6.07, 6.45) is 2.48. The number of nitrogens with two attached hydrogens (primary N) is 1. The molecule has 8 heteroatoms. The maximum absolute atomic E-state index is 11.6. The minimum Gasteiger partial charge on any atom is -0.504 e. The highest BCUT2D eigenvalue weighted by Crippen LogP contribution is 2.18. The molecule has 1 heterocycles. The third-order valence-electron chi connectivity index (χ3n) is 2.16. The van der Waals surface area contributed by atoms with E-state index in [1.165, 1.54) is 18.3 Å². The van der Waals surface area contributed by atoms with Crippen LogP contribution in [0.2, 0.25) is 0 Å². The van der Waals surface area contributed by atoms with Crippen molar-refractivity contribution in [1.29, 1.82) is 0 Å². The topological polar surface area (TPSA) is 122 Å². The molecule has 0 bridgehead atoms. The van der Waals surface area contributed by atoms with Crippen molar-refractivity contribution in [3.8, 4) is 5.75 Å². The van der Waals surface area contributed by atoms with Gasteiger partial charge in [0.25, 0.3) is 0 Å². The van der Waals surface area contributed by atoms with E-state index in [2.05, 4.69) is 10.3 Å². The normalized spacial score (nSPS) is 13.0. The summed E-state index contributed by atoms with van der Waals surface area (Å²) >= 11 is 0. The number of nitrogens with one attached hydrogen (secondary N) is 1. The van der Waals surface area contributed by atoms with Crippen molar-refractivity contribution in [3.63, 3.8) is 0 Å². The molecule has 1 unspecified atom stereocenters. The molecule has 0 radical (unpaired) electrons. The third kappa shape index (κ3) is 4.68. The van der Waals surface area contributed by atoms with E-state index >= 15 is 0 Å². The molecule has 0 saturated carbocycles. The molecule has 4 N–H and O–H groups in total. The molecule has 100 valence electrons. The average molecular weight is 273 g/mol. The Bertz CT molecular complexity index is 530. The molecule has 0 aromatic carbocycles. The SMILES string of the molecule is CS(=O)(=O)CCC(N)C(=O)Nc1ncccc1O. The standard InChI is InChI=1S/C10H15N3O4S/c1-18(16,17)6-4-7(11)10(15)13-9-8(14)3-2-5-12-9/h2-3,5,7,14H,4,6,11H2,1H3,(H,12,13,15).